The summed E-state index contributed by atoms with van der Waals surface area (Å²) in [5, 5.41) is 23.2. The van der Waals surface area contributed by atoms with Crippen molar-refractivity contribution >= 4 is 29.2 Å². The fourth-order valence-electron chi connectivity index (χ4n) is 3.35. The van der Waals surface area contributed by atoms with E-state index in [0.717, 1.165) is 0 Å². The van der Waals surface area contributed by atoms with Crippen molar-refractivity contribution in [3.63, 3.8) is 0 Å². The maximum absolute atomic E-state index is 13.2. The zero-order valence-corrected chi connectivity index (χ0v) is 21.3. The van der Waals surface area contributed by atoms with Crippen LogP contribution in [0.3, 0.4) is 0 Å². The molecule has 0 saturated heterocycles. The van der Waals surface area contributed by atoms with Crippen LogP contribution in [0.4, 0.5) is 5.69 Å². The summed E-state index contributed by atoms with van der Waals surface area (Å²) in [7, 11) is 0. The standard InChI is InChI=1S/C25H31ClN6O5/c1-4-14-36-17-25(6-3,18-37-15-5-2)23(29-22(33)19-9-11-20(26)12-10-19)30-24(31-32(34)35)28-21-8-7-13-27-16-21/h4-5,7-13,16,23H,1-2,6,14-15,17-18H2,3H3,(H,29,33)(H2,28,30,31). The second-order valence-electron chi connectivity index (χ2n) is 7.93. The predicted octanol–water partition coefficient (Wildman–Crippen LogP) is 3.84. The number of carbonyl (C=O) groups is 1. The number of anilines is 1. The molecule has 0 saturated carbocycles. The molecule has 11 nitrogen and oxygen atoms in total. The Morgan fingerprint density at radius 3 is 2.35 bits per heavy atom. The Kier molecular flexibility index (Phi) is 12.2. The number of halogens is 1. The second kappa shape index (κ2) is 15.3. The number of pyridine rings is 1. The molecule has 0 aliphatic carbocycles. The predicted molar refractivity (Wildman–Crippen MR) is 143 cm³/mol. The van der Waals surface area contributed by atoms with Crippen LogP contribution in [0.15, 0.2) is 79.2 Å². The molecule has 0 bridgehead atoms. The van der Waals surface area contributed by atoms with E-state index in [2.05, 4.69) is 39.2 Å². The van der Waals surface area contributed by atoms with Gasteiger partial charge in [-0.25, -0.2) is 10.1 Å². The van der Waals surface area contributed by atoms with E-state index in [-0.39, 0.29) is 32.4 Å². The first-order chi connectivity index (χ1) is 17.8. The van der Waals surface area contributed by atoms with Gasteiger partial charge in [0, 0.05) is 16.8 Å². The van der Waals surface area contributed by atoms with E-state index in [1.807, 2.05) is 6.92 Å². The van der Waals surface area contributed by atoms with Crippen LogP contribution in [0.25, 0.3) is 0 Å². The largest absolute Gasteiger partial charge is 0.377 e. The van der Waals surface area contributed by atoms with E-state index in [1.165, 1.54) is 6.20 Å². The Morgan fingerprint density at radius 1 is 1.19 bits per heavy atom. The molecule has 1 unspecified atom stereocenters. The fraction of sp³-hybridized carbons (Fsp3) is 0.320. The molecule has 1 aromatic heterocycles. The number of ether oxygens (including phenoxy) is 2. The van der Waals surface area contributed by atoms with Crippen LogP contribution in [0.2, 0.25) is 5.02 Å². The molecule has 3 N–H and O–H groups in total. The minimum Gasteiger partial charge on any atom is -0.377 e. The lowest BCUT2D eigenvalue weighted by Gasteiger charge is -2.40. The van der Waals surface area contributed by atoms with Gasteiger partial charge < -0.3 is 25.4 Å². The molecule has 2 aromatic rings. The smallest absolute Gasteiger partial charge is 0.274 e. The number of nitrogens with zero attached hydrogens (tertiary/aromatic N) is 3. The number of hydrogen-bond acceptors (Lipinski definition) is 6. The average molecular weight is 531 g/mol. The van der Waals surface area contributed by atoms with Crippen LogP contribution in [-0.4, -0.2) is 54.5 Å². The number of aromatic nitrogens is 1. The molecule has 0 fully saturated rings. The van der Waals surface area contributed by atoms with E-state index >= 15 is 0 Å². The van der Waals surface area contributed by atoms with Crippen LogP contribution in [0, 0.1) is 15.5 Å². The highest BCUT2D eigenvalue weighted by molar-refractivity contribution is 6.30. The SMILES string of the molecule is C=CCOCC(CC)(COCC=C)C(NC(=O)c1ccc(Cl)cc1)NC(=N[N+](=O)[O-])Nc1cccnc1. The summed E-state index contributed by atoms with van der Waals surface area (Å²) in [6.07, 6.45) is 5.77. The number of hydrazone groups is 1. The summed E-state index contributed by atoms with van der Waals surface area (Å²) >= 11 is 5.97. The van der Waals surface area contributed by atoms with E-state index < -0.39 is 22.5 Å². The molecule has 0 radical (unpaired) electrons. The zero-order valence-electron chi connectivity index (χ0n) is 20.6. The third-order valence-electron chi connectivity index (χ3n) is 5.34. The third kappa shape index (κ3) is 9.64. The number of amides is 1. The molecule has 198 valence electrons. The molecule has 2 rings (SSSR count). The number of rotatable bonds is 15. The molecular formula is C25H31ClN6O5. The van der Waals surface area contributed by atoms with Crippen LogP contribution in [0.1, 0.15) is 23.7 Å². The number of benzene rings is 1. The van der Waals surface area contributed by atoms with Gasteiger partial charge >= 0.3 is 0 Å². The molecule has 1 aromatic carbocycles. The number of carbonyl (C=O) groups excluding carboxylic acids is 1. The summed E-state index contributed by atoms with van der Waals surface area (Å²) in [6.45, 7) is 10.0. The minimum absolute atomic E-state index is 0.129. The Bertz CT molecular complexity index is 1050. The molecule has 12 heteroatoms. The van der Waals surface area contributed by atoms with Crippen LogP contribution in [0.5, 0.6) is 0 Å². The fourth-order valence-corrected chi connectivity index (χ4v) is 3.47. The molecule has 0 aliphatic heterocycles. The van der Waals surface area contributed by atoms with Crippen LogP contribution in [-0.2, 0) is 9.47 Å². The summed E-state index contributed by atoms with van der Waals surface area (Å²) in [5.41, 5.74) is -0.0956. The highest BCUT2D eigenvalue weighted by Crippen LogP contribution is 2.28. The lowest BCUT2D eigenvalue weighted by Crippen LogP contribution is -2.62. The summed E-state index contributed by atoms with van der Waals surface area (Å²) in [4.78, 5) is 28.6. The van der Waals surface area contributed by atoms with Crippen molar-refractivity contribution in [1.29, 1.82) is 0 Å². The van der Waals surface area contributed by atoms with Crippen LogP contribution < -0.4 is 16.0 Å². The molecular weight excluding hydrogens is 500 g/mol. The Balaban J connectivity index is 2.48. The maximum atomic E-state index is 13.2. The Morgan fingerprint density at radius 2 is 1.84 bits per heavy atom. The van der Waals surface area contributed by atoms with Crippen molar-refractivity contribution in [1.82, 2.24) is 15.6 Å². The maximum Gasteiger partial charge on any atom is 0.274 e. The van der Waals surface area contributed by atoms with Gasteiger partial charge in [-0.1, -0.05) is 30.7 Å². The van der Waals surface area contributed by atoms with Gasteiger partial charge in [0.15, 0.2) is 5.03 Å². The first-order valence-corrected chi connectivity index (χ1v) is 11.8. The monoisotopic (exact) mass is 530 g/mol. The van der Waals surface area contributed by atoms with Gasteiger partial charge in [-0.15, -0.1) is 13.2 Å². The minimum atomic E-state index is -0.932. The van der Waals surface area contributed by atoms with Crippen molar-refractivity contribution < 1.29 is 19.3 Å². The topological polar surface area (TPSA) is 140 Å². The lowest BCUT2D eigenvalue weighted by molar-refractivity contribution is -0.485. The highest BCUT2D eigenvalue weighted by Gasteiger charge is 2.40. The van der Waals surface area contributed by atoms with Gasteiger partial charge in [0.05, 0.1) is 43.7 Å². The number of nitro groups is 1. The number of hydrogen-bond donors (Lipinski definition) is 3. The van der Waals surface area contributed by atoms with Crippen molar-refractivity contribution in [2.75, 3.05) is 31.7 Å². The first kappa shape index (κ1) is 29.4. The molecule has 1 heterocycles. The number of nitrogens with one attached hydrogen (secondary N) is 3. The number of guanidine groups is 1. The van der Waals surface area contributed by atoms with Gasteiger partial charge in [0.2, 0.25) is 0 Å². The Labute approximate surface area is 220 Å². The van der Waals surface area contributed by atoms with Crippen molar-refractivity contribution in [2.45, 2.75) is 19.5 Å². The summed E-state index contributed by atoms with van der Waals surface area (Å²) in [5.74, 6) is -0.661. The van der Waals surface area contributed by atoms with E-state index in [1.54, 1.807) is 54.7 Å². The molecule has 1 amide bonds. The molecule has 1 atom stereocenters. The lowest BCUT2D eigenvalue weighted by atomic mass is 9.82. The van der Waals surface area contributed by atoms with E-state index in [9.17, 15) is 14.9 Å². The van der Waals surface area contributed by atoms with Gasteiger partial charge in [0.25, 0.3) is 11.9 Å². The van der Waals surface area contributed by atoms with Gasteiger partial charge in [0.1, 0.15) is 11.3 Å². The molecule has 0 aliphatic rings. The third-order valence-corrected chi connectivity index (χ3v) is 5.59. The summed E-state index contributed by atoms with van der Waals surface area (Å²) in [6, 6.07) is 9.66. The zero-order chi connectivity index (χ0) is 27.1. The molecule has 0 spiro atoms. The normalized spacial score (nSPS) is 12.3. The average Bonchev–Trinajstić information content (AvgIpc) is 2.88. The van der Waals surface area contributed by atoms with Gasteiger partial charge in [-0.2, -0.15) is 0 Å². The molecule has 37 heavy (non-hydrogen) atoms. The van der Waals surface area contributed by atoms with Crippen molar-refractivity contribution in [2.24, 2.45) is 10.5 Å². The van der Waals surface area contributed by atoms with E-state index in [0.29, 0.717) is 22.7 Å². The van der Waals surface area contributed by atoms with Crippen molar-refractivity contribution in [3.05, 3.63) is 94.8 Å². The highest BCUT2D eigenvalue weighted by atomic mass is 35.5. The van der Waals surface area contributed by atoms with Gasteiger partial charge in [-0.05, 0) is 42.8 Å². The quantitative estimate of drug-likeness (QED) is 0.0600. The first-order valence-electron chi connectivity index (χ1n) is 11.4. The van der Waals surface area contributed by atoms with E-state index in [4.69, 9.17) is 21.1 Å². The van der Waals surface area contributed by atoms with Crippen molar-refractivity contribution in [3.8, 4) is 0 Å². The van der Waals surface area contributed by atoms with Gasteiger partial charge in [-0.3, -0.25) is 9.78 Å². The summed E-state index contributed by atoms with van der Waals surface area (Å²) < 4.78 is 11.6. The second-order valence-corrected chi connectivity index (χ2v) is 8.37. The Hall–Kier alpha value is -3.80. The van der Waals surface area contributed by atoms with Crippen LogP contribution >= 0.6 is 11.6 Å².